The van der Waals surface area contributed by atoms with Gasteiger partial charge in [-0.3, -0.25) is 9.59 Å². The molecular weight excluding hydrogens is 339 g/mol. The predicted molar refractivity (Wildman–Crippen MR) is 84.5 cm³/mol. The third kappa shape index (κ3) is 5.36. The van der Waals surface area contributed by atoms with E-state index in [0.29, 0.717) is 13.2 Å². The summed E-state index contributed by atoms with van der Waals surface area (Å²) in [5.41, 5.74) is 0.276. The zero-order valence-corrected chi connectivity index (χ0v) is 13.9. The van der Waals surface area contributed by atoms with Crippen molar-refractivity contribution in [3.05, 3.63) is 35.6 Å². The van der Waals surface area contributed by atoms with Crippen LogP contribution in [0.1, 0.15) is 16.8 Å². The van der Waals surface area contributed by atoms with E-state index in [-0.39, 0.29) is 43.2 Å². The summed E-state index contributed by atoms with van der Waals surface area (Å²) in [6.07, 6.45) is -0.226. The predicted octanol–water partition coefficient (Wildman–Crippen LogP) is 0.177. The molecule has 0 aliphatic carbocycles. The van der Waals surface area contributed by atoms with Gasteiger partial charge in [-0.15, -0.1) is 0 Å². The third-order valence-electron chi connectivity index (χ3n) is 3.56. The number of Topliss-reactive ketones (excluding diaryl/α,β-unsaturated/α-hetero) is 1. The molecule has 1 fully saturated rings. The highest BCUT2D eigenvalue weighted by Crippen LogP contribution is 2.07. The number of hydrogen-bond donors (Lipinski definition) is 1. The summed E-state index contributed by atoms with van der Waals surface area (Å²) in [5.74, 6) is -1.67. The van der Waals surface area contributed by atoms with E-state index in [0.717, 1.165) is 12.1 Å². The van der Waals surface area contributed by atoms with Crippen molar-refractivity contribution in [3.8, 4) is 0 Å². The Kier molecular flexibility index (Phi) is 6.41. The van der Waals surface area contributed by atoms with Crippen LogP contribution in [0.4, 0.5) is 4.39 Å². The maximum atomic E-state index is 12.8. The highest BCUT2D eigenvalue weighted by Gasteiger charge is 2.24. The summed E-state index contributed by atoms with van der Waals surface area (Å²) < 4.78 is 43.3. The van der Waals surface area contributed by atoms with Crippen molar-refractivity contribution in [2.45, 2.75) is 6.42 Å². The molecule has 1 aromatic rings. The van der Waals surface area contributed by atoms with Gasteiger partial charge in [0.2, 0.25) is 15.9 Å². The second-order valence-corrected chi connectivity index (χ2v) is 7.37. The van der Waals surface area contributed by atoms with E-state index < -0.39 is 21.7 Å². The van der Waals surface area contributed by atoms with Gasteiger partial charge in [-0.1, -0.05) is 0 Å². The minimum atomic E-state index is -3.51. The van der Waals surface area contributed by atoms with Crippen molar-refractivity contribution in [1.82, 2.24) is 9.62 Å². The van der Waals surface area contributed by atoms with Crippen LogP contribution in [0.25, 0.3) is 0 Å². The van der Waals surface area contributed by atoms with E-state index in [1.54, 1.807) is 0 Å². The molecule has 1 aromatic carbocycles. The molecule has 1 N–H and O–H groups in total. The van der Waals surface area contributed by atoms with Gasteiger partial charge in [-0.2, -0.15) is 4.31 Å². The highest BCUT2D eigenvalue weighted by atomic mass is 32.2. The SMILES string of the molecule is O=C(CCS(=O)(=O)N1CCOCC1)NCC(=O)c1ccc(F)cc1. The topological polar surface area (TPSA) is 92.8 Å². The first-order valence-corrected chi connectivity index (χ1v) is 9.10. The van der Waals surface area contributed by atoms with Crippen LogP contribution in [0, 0.1) is 5.82 Å². The van der Waals surface area contributed by atoms with Gasteiger partial charge in [0.15, 0.2) is 5.78 Å². The third-order valence-corrected chi connectivity index (χ3v) is 5.43. The van der Waals surface area contributed by atoms with Gasteiger partial charge in [0.1, 0.15) is 5.82 Å². The molecule has 0 spiro atoms. The zero-order valence-electron chi connectivity index (χ0n) is 13.0. The Morgan fingerprint density at radius 1 is 1.17 bits per heavy atom. The molecule has 132 valence electrons. The number of nitrogens with one attached hydrogen (secondary N) is 1. The van der Waals surface area contributed by atoms with Gasteiger partial charge >= 0.3 is 0 Å². The zero-order chi connectivity index (χ0) is 17.6. The highest BCUT2D eigenvalue weighted by molar-refractivity contribution is 7.89. The fourth-order valence-electron chi connectivity index (χ4n) is 2.18. The largest absolute Gasteiger partial charge is 0.379 e. The van der Waals surface area contributed by atoms with Crippen molar-refractivity contribution in [3.63, 3.8) is 0 Å². The molecule has 1 saturated heterocycles. The van der Waals surface area contributed by atoms with Crippen molar-refractivity contribution in [2.75, 3.05) is 38.6 Å². The average Bonchev–Trinajstić information content (AvgIpc) is 2.59. The maximum Gasteiger partial charge on any atom is 0.221 e. The fraction of sp³-hybridized carbons (Fsp3) is 0.467. The Balaban J connectivity index is 1.76. The van der Waals surface area contributed by atoms with Crippen molar-refractivity contribution in [1.29, 1.82) is 0 Å². The number of ketones is 1. The lowest BCUT2D eigenvalue weighted by Gasteiger charge is -2.25. The Bertz CT molecular complexity index is 684. The smallest absolute Gasteiger partial charge is 0.221 e. The Morgan fingerprint density at radius 3 is 2.42 bits per heavy atom. The summed E-state index contributed by atoms with van der Waals surface area (Å²) >= 11 is 0. The molecule has 2 rings (SSSR count). The Morgan fingerprint density at radius 2 is 1.79 bits per heavy atom. The number of ether oxygens (including phenoxy) is 1. The van der Waals surface area contributed by atoms with Crippen molar-refractivity contribution < 1.29 is 27.1 Å². The summed E-state index contributed by atoms with van der Waals surface area (Å²) in [7, 11) is -3.51. The standard InChI is InChI=1S/C15H19FN2O5S/c16-13-3-1-12(2-4-13)14(19)11-17-15(20)5-10-24(21,22)18-6-8-23-9-7-18/h1-4H,5-11H2,(H,17,20). The average molecular weight is 358 g/mol. The Labute approximate surface area is 139 Å². The molecule has 0 saturated carbocycles. The van der Waals surface area contributed by atoms with Gasteiger partial charge in [0.05, 0.1) is 25.5 Å². The molecule has 1 heterocycles. The first-order valence-electron chi connectivity index (χ1n) is 7.49. The van der Waals surface area contributed by atoms with Crippen LogP contribution in [0.2, 0.25) is 0 Å². The van der Waals surface area contributed by atoms with Crippen molar-refractivity contribution in [2.24, 2.45) is 0 Å². The van der Waals surface area contributed by atoms with Crippen LogP contribution in [0.5, 0.6) is 0 Å². The summed E-state index contributed by atoms with van der Waals surface area (Å²) in [4.78, 5) is 23.6. The first kappa shape index (κ1) is 18.5. The molecule has 0 aromatic heterocycles. The summed E-state index contributed by atoms with van der Waals surface area (Å²) in [6.45, 7) is 0.997. The molecule has 7 nitrogen and oxygen atoms in total. The van der Waals surface area contributed by atoms with Crippen LogP contribution in [-0.2, 0) is 19.6 Å². The molecule has 9 heteroatoms. The van der Waals surface area contributed by atoms with Gasteiger partial charge < -0.3 is 10.1 Å². The van der Waals surface area contributed by atoms with Crippen LogP contribution in [-0.4, -0.2) is 63.0 Å². The van der Waals surface area contributed by atoms with Gasteiger partial charge in [0.25, 0.3) is 0 Å². The number of rotatable bonds is 7. The normalized spacial score (nSPS) is 15.9. The number of benzene rings is 1. The van der Waals surface area contributed by atoms with E-state index >= 15 is 0 Å². The monoisotopic (exact) mass is 358 g/mol. The molecule has 1 aliphatic heterocycles. The van der Waals surface area contributed by atoms with Crippen LogP contribution in [0.3, 0.4) is 0 Å². The second kappa shape index (κ2) is 8.32. The molecule has 0 atom stereocenters. The molecular formula is C15H19FN2O5S. The maximum absolute atomic E-state index is 12.8. The van der Waals surface area contributed by atoms with E-state index in [1.165, 1.54) is 16.4 Å². The minimum Gasteiger partial charge on any atom is -0.379 e. The first-order chi connectivity index (χ1) is 11.4. The fourth-order valence-corrected chi connectivity index (χ4v) is 3.59. The van der Waals surface area contributed by atoms with E-state index in [4.69, 9.17) is 4.74 Å². The molecule has 0 bridgehead atoms. The minimum absolute atomic E-state index is 0.226. The van der Waals surface area contributed by atoms with E-state index in [1.807, 2.05) is 0 Å². The Hall–Kier alpha value is -1.84. The molecule has 24 heavy (non-hydrogen) atoms. The quantitative estimate of drug-likeness (QED) is 0.702. The second-order valence-electron chi connectivity index (χ2n) is 5.28. The lowest BCUT2D eigenvalue weighted by atomic mass is 10.1. The lowest BCUT2D eigenvalue weighted by molar-refractivity contribution is -0.120. The number of sulfonamides is 1. The number of hydrogen-bond acceptors (Lipinski definition) is 5. The van der Waals surface area contributed by atoms with Gasteiger partial charge in [0, 0.05) is 25.1 Å². The van der Waals surface area contributed by atoms with Crippen molar-refractivity contribution >= 4 is 21.7 Å². The number of amides is 1. The number of carbonyl (C=O) groups excluding carboxylic acids is 2. The lowest BCUT2D eigenvalue weighted by Crippen LogP contribution is -2.42. The molecule has 1 amide bonds. The number of morpholine rings is 1. The molecule has 0 unspecified atom stereocenters. The van der Waals surface area contributed by atoms with E-state index in [9.17, 15) is 22.4 Å². The summed E-state index contributed by atoms with van der Waals surface area (Å²) in [6, 6.07) is 4.97. The molecule has 1 aliphatic rings. The number of halogens is 1. The summed E-state index contributed by atoms with van der Waals surface area (Å²) in [5, 5.41) is 2.38. The molecule has 0 radical (unpaired) electrons. The number of carbonyl (C=O) groups is 2. The van der Waals surface area contributed by atoms with Gasteiger partial charge in [-0.25, -0.2) is 12.8 Å². The number of nitrogens with zero attached hydrogens (tertiary/aromatic N) is 1. The van der Waals surface area contributed by atoms with E-state index in [2.05, 4.69) is 5.32 Å². The van der Waals surface area contributed by atoms with Crippen LogP contribution < -0.4 is 5.32 Å². The van der Waals surface area contributed by atoms with Gasteiger partial charge in [-0.05, 0) is 24.3 Å². The van der Waals surface area contributed by atoms with Crippen LogP contribution in [0.15, 0.2) is 24.3 Å². The van der Waals surface area contributed by atoms with Crippen LogP contribution >= 0.6 is 0 Å².